The van der Waals surface area contributed by atoms with Crippen molar-refractivity contribution in [2.45, 2.75) is 32.6 Å². The van der Waals surface area contributed by atoms with Crippen molar-refractivity contribution in [3.63, 3.8) is 0 Å². The number of benzene rings is 2. The lowest BCUT2D eigenvalue weighted by Crippen LogP contribution is -2.39. The number of amides is 1. The third-order valence-electron chi connectivity index (χ3n) is 5.25. The number of nitrogens with zero attached hydrogens (tertiary/aromatic N) is 2. The van der Waals surface area contributed by atoms with Crippen molar-refractivity contribution in [1.82, 2.24) is 9.88 Å². The van der Waals surface area contributed by atoms with E-state index in [2.05, 4.69) is 35.3 Å². The molecule has 0 aliphatic carbocycles. The van der Waals surface area contributed by atoms with Gasteiger partial charge < -0.3 is 9.32 Å². The minimum atomic E-state index is 0.207. The number of oxazole rings is 1. The molecule has 0 unspecified atom stereocenters. The molecule has 1 aliphatic rings. The van der Waals surface area contributed by atoms with Crippen LogP contribution in [0.1, 0.15) is 29.9 Å². The monoisotopic (exact) mass is 348 g/mol. The summed E-state index contributed by atoms with van der Waals surface area (Å²) < 4.78 is 5.57. The van der Waals surface area contributed by atoms with Crippen molar-refractivity contribution < 1.29 is 9.21 Å². The fourth-order valence-electron chi connectivity index (χ4n) is 3.81. The molecule has 0 N–H and O–H groups in total. The number of hydrogen-bond donors (Lipinski definition) is 0. The maximum absolute atomic E-state index is 12.7. The van der Waals surface area contributed by atoms with Gasteiger partial charge in [-0.2, -0.15) is 0 Å². The molecule has 0 spiro atoms. The second-order valence-electron chi connectivity index (χ2n) is 7.23. The zero-order valence-electron chi connectivity index (χ0n) is 15.1. The van der Waals surface area contributed by atoms with Gasteiger partial charge in [-0.3, -0.25) is 4.79 Å². The number of likely N-dealkylation sites (tertiary alicyclic amines) is 1. The van der Waals surface area contributed by atoms with Crippen LogP contribution in [0.5, 0.6) is 0 Å². The summed E-state index contributed by atoms with van der Waals surface area (Å²) in [7, 11) is 0. The van der Waals surface area contributed by atoms with Crippen LogP contribution in [-0.4, -0.2) is 28.9 Å². The molecule has 2 aromatic carbocycles. The van der Waals surface area contributed by atoms with Gasteiger partial charge >= 0.3 is 0 Å². The molecular weight excluding hydrogens is 324 g/mol. The third-order valence-corrected chi connectivity index (χ3v) is 5.25. The van der Waals surface area contributed by atoms with Gasteiger partial charge in [0, 0.05) is 20.0 Å². The van der Waals surface area contributed by atoms with Gasteiger partial charge in [0.15, 0.2) is 11.5 Å². The van der Waals surface area contributed by atoms with E-state index < -0.39 is 0 Å². The number of piperidine rings is 1. The molecule has 1 fully saturated rings. The molecule has 3 aromatic rings. The van der Waals surface area contributed by atoms with Gasteiger partial charge in [0.2, 0.25) is 5.91 Å². The number of carbonyl (C=O) groups excluding carboxylic acids is 1. The highest BCUT2D eigenvalue weighted by Crippen LogP contribution is 2.23. The number of aromatic nitrogens is 1. The van der Waals surface area contributed by atoms with Gasteiger partial charge in [-0.15, -0.1) is 0 Å². The first kappa shape index (κ1) is 16.8. The van der Waals surface area contributed by atoms with Crippen LogP contribution in [0.15, 0.2) is 52.9 Å². The zero-order valence-corrected chi connectivity index (χ0v) is 15.1. The Balaban J connectivity index is 1.32. The molecule has 4 nitrogen and oxygen atoms in total. The Morgan fingerprint density at radius 3 is 2.65 bits per heavy atom. The summed E-state index contributed by atoms with van der Waals surface area (Å²) >= 11 is 0. The fourth-order valence-corrected chi connectivity index (χ4v) is 3.81. The fraction of sp³-hybridized carbons (Fsp3) is 0.364. The highest BCUT2D eigenvalue weighted by molar-refractivity contribution is 5.81. The Kier molecular flexibility index (Phi) is 4.74. The largest absolute Gasteiger partial charge is 0.441 e. The zero-order chi connectivity index (χ0) is 17.9. The molecular formula is C22H24N2O2. The van der Waals surface area contributed by atoms with E-state index in [-0.39, 0.29) is 5.91 Å². The molecule has 0 radical (unpaired) electrons. The van der Waals surface area contributed by atoms with Crippen molar-refractivity contribution in [3.8, 4) is 0 Å². The number of hydrogen-bond acceptors (Lipinski definition) is 3. The molecule has 26 heavy (non-hydrogen) atoms. The summed E-state index contributed by atoms with van der Waals surface area (Å²) in [6, 6.07) is 16.5. The Hall–Kier alpha value is -2.62. The predicted molar refractivity (Wildman–Crippen MR) is 102 cm³/mol. The van der Waals surface area contributed by atoms with Gasteiger partial charge in [-0.05, 0) is 48.4 Å². The summed E-state index contributed by atoms with van der Waals surface area (Å²) in [5, 5.41) is 0. The summed E-state index contributed by atoms with van der Waals surface area (Å²) in [6.07, 6.45) is 3.71. The van der Waals surface area contributed by atoms with Crippen LogP contribution < -0.4 is 0 Å². The van der Waals surface area contributed by atoms with E-state index in [1.807, 2.05) is 30.0 Å². The average Bonchev–Trinajstić information content (AvgIpc) is 3.02. The van der Waals surface area contributed by atoms with Crippen LogP contribution in [0.4, 0.5) is 0 Å². The van der Waals surface area contributed by atoms with Gasteiger partial charge in [0.25, 0.3) is 0 Å². The lowest BCUT2D eigenvalue weighted by molar-refractivity contribution is -0.131. The van der Waals surface area contributed by atoms with E-state index in [0.29, 0.717) is 18.2 Å². The predicted octanol–water partition coefficient (Wildman–Crippen LogP) is 4.16. The lowest BCUT2D eigenvalue weighted by atomic mass is 9.90. The first-order valence-corrected chi connectivity index (χ1v) is 9.35. The Bertz CT molecular complexity index is 893. The standard InChI is InChI=1S/C22H24N2O2/c1-16-23-20-8-7-19(14-21(20)26-16)15-22(25)24-11-9-18(10-12-24)13-17-5-3-2-4-6-17/h2-8,14,18H,9-13,15H2,1H3. The Morgan fingerprint density at radius 2 is 1.88 bits per heavy atom. The van der Waals surface area contributed by atoms with Crippen LogP contribution in [0.3, 0.4) is 0 Å². The highest BCUT2D eigenvalue weighted by Gasteiger charge is 2.23. The van der Waals surface area contributed by atoms with E-state index in [1.54, 1.807) is 0 Å². The molecule has 0 bridgehead atoms. The quantitative estimate of drug-likeness (QED) is 0.711. The van der Waals surface area contributed by atoms with E-state index in [0.717, 1.165) is 49.0 Å². The maximum atomic E-state index is 12.7. The van der Waals surface area contributed by atoms with Gasteiger partial charge in [-0.25, -0.2) is 4.98 Å². The molecule has 134 valence electrons. The minimum Gasteiger partial charge on any atom is -0.441 e. The molecule has 0 atom stereocenters. The van der Waals surface area contributed by atoms with Crippen molar-refractivity contribution in [2.75, 3.05) is 13.1 Å². The Labute approximate surface area is 153 Å². The number of fused-ring (bicyclic) bond motifs is 1. The van der Waals surface area contributed by atoms with E-state index in [4.69, 9.17) is 4.42 Å². The van der Waals surface area contributed by atoms with Crippen molar-refractivity contribution in [3.05, 3.63) is 65.5 Å². The molecule has 1 amide bonds. The maximum Gasteiger partial charge on any atom is 0.226 e. The van der Waals surface area contributed by atoms with Crippen LogP contribution in [0.25, 0.3) is 11.1 Å². The average molecular weight is 348 g/mol. The lowest BCUT2D eigenvalue weighted by Gasteiger charge is -2.32. The normalized spacial score (nSPS) is 15.5. The topological polar surface area (TPSA) is 46.3 Å². The first-order valence-electron chi connectivity index (χ1n) is 9.35. The molecule has 1 saturated heterocycles. The third kappa shape index (κ3) is 3.79. The first-order chi connectivity index (χ1) is 12.7. The molecule has 1 aromatic heterocycles. The SMILES string of the molecule is Cc1nc2ccc(CC(=O)N3CCC(Cc4ccccc4)CC3)cc2o1. The van der Waals surface area contributed by atoms with E-state index in [1.165, 1.54) is 5.56 Å². The minimum absolute atomic E-state index is 0.207. The van der Waals surface area contributed by atoms with Crippen LogP contribution in [0.2, 0.25) is 0 Å². The summed E-state index contributed by atoms with van der Waals surface area (Å²) in [5.74, 6) is 1.54. The van der Waals surface area contributed by atoms with Crippen LogP contribution in [-0.2, 0) is 17.6 Å². The van der Waals surface area contributed by atoms with Crippen LogP contribution in [0, 0.1) is 12.8 Å². The van der Waals surface area contributed by atoms with E-state index in [9.17, 15) is 4.79 Å². The smallest absolute Gasteiger partial charge is 0.226 e. The van der Waals surface area contributed by atoms with Crippen LogP contribution >= 0.6 is 0 Å². The van der Waals surface area contributed by atoms with E-state index >= 15 is 0 Å². The van der Waals surface area contributed by atoms with Crippen molar-refractivity contribution in [1.29, 1.82) is 0 Å². The molecule has 2 heterocycles. The Morgan fingerprint density at radius 1 is 1.12 bits per heavy atom. The summed E-state index contributed by atoms with van der Waals surface area (Å²) in [5.41, 5.74) is 3.99. The molecule has 4 rings (SSSR count). The summed E-state index contributed by atoms with van der Waals surface area (Å²) in [4.78, 5) is 19.0. The molecule has 1 aliphatic heterocycles. The second kappa shape index (κ2) is 7.32. The van der Waals surface area contributed by atoms with Gasteiger partial charge in [0.05, 0.1) is 6.42 Å². The number of rotatable bonds is 4. The summed E-state index contributed by atoms with van der Waals surface area (Å²) in [6.45, 7) is 3.56. The molecule has 0 saturated carbocycles. The molecule has 4 heteroatoms. The highest BCUT2D eigenvalue weighted by atomic mass is 16.3. The van der Waals surface area contributed by atoms with Gasteiger partial charge in [0.1, 0.15) is 5.52 Å². The second-order valence-corrected chi connectivity index (χ2v) is 7.23. The van der Waals surface area contributed by atoms with Crippen molar-refractivity contribution >= 4 is 17.0 Å². The van der Waals surface area contributed by atoms with Gasteiger partial charge in [-0.1, -0.05) is 36.4 Å². The van der Waals surface area contributed by atoms with Crippen molar-refractivity contribution in [2.24, 2.45) is 5.92 Å². The number of carbonyl (C=O) groups is 1. The number of aryl methyl sites for hydroxylation is 1.